The molecule has 2 aliphatic rings. The van der Waals surface area contributed by atoms with Crippen LogP contribution < -0.4 is 9.96 Å². The number of benzene rings is 3. The van der Waals surface area contributed by atoms with E-state index in [2.05, 4.69) is 15.9 Å². The molecule has 0 spiro atoms. The second-order valence-electron chi connectivity index (χ2n) is 7.77. The zero-order valence-electron chi connectivity index (χ0n) is 16.9. The topological polar surface area (TPSA) is 49.9 Å². The number of alkyl halides is 3. The number of hydrogen-bond acceptors (Lipinski definition) is 4. The summed E-state index contributed by atoms with van der Waals surface area (Å²) in [7, 11) is 0. The lowest BCUT2D eigenvalue weighted by Crippen LogP contribution is -2.37. The Morgan fingerprint density at radius 3 is 2.21 bits per heavy atom. The molecule has 2 heterocycles. The second-order valence-corrected chi connectivity index (χ2v) is 8.69. The van der Waals surface area contributed by atoms with Crippen molar-refractivity contribution in [3.63, 3.8) is 0 Å². The van der Waals surface area contributed by atoms with Crippen molar-refractivity contribution >= 4 is 39.1 Å². The summed E-state index contributed by atoms with van der Waals surface area (Å²) in [6.07, 6.45) is -5.76. The summed E-state index contributed by atoms with van der Waals surface area (Å²) in [5.74, 6) is -2.22. The first-order valence-corrected chi connectivity index (χ1v) is 10.9. The van der Waals surface area contributed by atoms with Gasteiger partial charge in [0, 0.05) is 4.47 Å². The van der Waals surface area contributed by atoms with Crippen LogP contribution in [0.3, 0.4) is 0 Å². The molecule has 3 aromatic carbocycles. The van der Waals surface area contributed by atoms with Crippen molar-refractivity contribution in [2.75, 3.05) is 9.96 Å². The Kier molecular flexibility index (Phi) is 5.25. The highest BCUT2D eigenvalue weighted by Gasteiger charge is 2.60. The molecule has 5 rings (SSSR count). The number of fused-ring (bicyclic) bond motifs is 1. The van der Waals surface area contributed by atoms with Crippen molar-refractivity contribution < 1.29 is 27.6 Å². The predicted octanol–water partition coefficient (Wildman–Crippen LogP) is 5.52. The van der Waals surface area contributed by atoms with Crippen molar-refractivity contribution in [3.8, 4) is 0 Å². The molecule has 3 aromatic rings. The highest BCUT2D eigenvalue weighted by atomic mass is 79.9. The molecule has 2 aliphatic heterocycles. The van der Waals surface area contributed by atoms with Gasteiger partial charge in [-0.25, -0.2) is 9.96 Å². The van der Waals surface area contributed by atoms with Crippen molar-refractivity contribution in [3.05, 3.63) is 94.5 Å². The van der Waals surface area contributed by atoms with Crippen molar-refractivity contribution in [1.82, 2.24) is 0 Å². The molecule has 0 N–H and O–H groups in total. The monoisotopic (exact) mass is 516 g/mol. The van der Waals surface area contributed by atoms with Crippen LogP contribution in [0.2, 0.25) is 0 Å². The number of amides is 2. The second kappa shape index (κ2) is 8.00. The Morgan fingerprint density at radius 1 is 0.818 bits per heavy atom. The van der Waals surface area contributed by atoms with Crippen LogP contribution in [0.15, 0.2) is 83.3 Å². The van der Waals surface area contributed by atoms with E-state index in [4.69, 9.17) is 4.84 Å². The number of para-hydroxylation sites is 1. The van der Waals surface area contributed by atoms with Crippen LogP contribution >= 0.6 is 15.9 Å². The van der Waals surface area contributed by atoms with Crippen LogP contribution in [0.5, 0.6) is 0 Å². The third-order valence-electron chi connectivity index (χ3n) is 5.75. The molecular formula is C24H16BrF3N2O3. The summed E-state index contributed by atoms with van der Waals surface area (Å²) < 4.78 is 40.4. The fraction of sp³-hybridized carbons (Fsp3) is 0.167. The highest BCUT2D eigenvalue weighted by molar-refractivity contribution is 9.10. The Bertz CT molecular complexity index is 1230. The summed E-state index contributed by atoms with van der Waals surface area (Å²) in [6.45, 7) is 0. The number of halogens is 4. The molecule has 168 valence electrons. The lowest BCUT2D eigenvalue weighted by molar-refractivity contribution is -0.137. The van der Waals surface area contributed by atoms with Gasteiger partial charge >= 0.3 is 6.18 Å². The minimum Gasteiger partial charge on any atom is -0.273 e. The summed E-state index contributed by atoms with van der Waals surface area (Å²) in [5, 5.41) is 1.54. The van der Waals surface area contributed by atoms with Gasteiger partial charge in [-0.15, -0.1) is 0 Å². The van der Waals surface area contributed by atoms with Crippen LogP contribution in [0.1, 0.15) is 17.2 Å². The maximum absolute atomic E-state index is 13.5. The minimum absolute atomic E-state index is 0.128. The largest absolute Gasteiger partial charge is 0.416 e. The SMILES string of the molecule is O=C1[C@@H]2[C@@H](ON(c3ccccc3)[C@H]2c2cccc(Br)c2)C(=O)N1c1cccc(C(F)(F)F)c1. The highest BCUT2D eigenvalue weighted by Crippen LogP contribution is 2.48. The average Bonchev–Trinajstić information content (AvgIpc) is 3.30. The number of carbonyl (C=O) groups is 2. The van der Waals surface area contributed by atoms with E-state index in [9.17, 15) is 22.8 Å². The maximum Gasteiger partial charge on any atom is 0.416 e. The van der Waals surface area contributed by atoms with Gasteiger partial charge in [-0.1, -0.05) is 52.3 Å². The third kappa shape index (κ3) is 3.71. The zero-order chi connectivity index (χ0) is 23.3. The number of nitrogens with zero attached hydrogens (tertiary/aromatic N) is 2. The first-order chi connectivity index (χ1) is 15.8. The van der Waals surface area contributed by atoms with Crippen LogP contribution in [-0.2, 0) is 20.6 Å². The Morgan fingerprint density at radius 2 is 1.52 bits per heavy atom. The normalized spacial score (nSPS) is 22.7. The number of carbonyl (C=O) groups excluding carboxylic acids is 2. The van der Waals surface area contributed by atoms with Gasteiger partial charge in [0.1, 0.15) is 5.92 Å². The van der Waals surface area contributed by atoms with Gasteiger partial charge in [-0.2, -0.15) is 13.2 Å². The fourth-order valence-corrected chi connectivity index (χ4v) is 4.74. The molecule has 2 saturated heterocycles. The maximum atomic E-state index is 13.5. The van der Waals surface area contributed by atoms with Crippen LogP contribution in [-0.4, -0.2) is 17.9 Å². The fourth-order valence-electron chi connectivity index (χ4n) is 4.32. The molecule has 0 aromatic heterocycles. The van der Waals surface area contributed by atoms with Gasteiger partial charge in [0.2, 0.25) is 5.91 Å². The number of hydroxylamine groups is 1. The summed E-state index contributed by atoms with van der Waals surface area (Å²) >= 11 is 3.43. The molecule has 0 aliphatic carbocycles. The van der Waals surface area contributed by atoms with E-state index < -0.39 is 41.6 Å². The van der Waals surface area contributed by atoms with Gasteiger partial charge < -0.3 is 0 Å². The van der Waals surface area contributed by atoms with Crippen LogP contribution in [0, 0.1) is 5.92 Å². The number of anilines is 2. The van der Waals surface area contributed by atoms with Crippen molar-refractivity contribution in [2.24, 2.45) is 5.92 Å². The summed E-state index contributed by atoms with van der Waals surface area (Å²) in [5.41, 5.74) is 0.320. The number of hydrogen-bond donors (Lipinski definition) is 0. The van der Waals surface area contributed by atoms with E-state index in [-0.39, 0.29) is 5.69 Å². The quantitative estimate of drug-likeness (QED) is 0.430. The first kappa shape index (κ1) is 21.7. The molecule has 0 radical (unpaired) electrons. The van der Waals surface area contributed by atoms with Gasteiger partial charge in [0.15, 0.2) is 6.10 Å². The Balaban J connectivity index is 1.58. The molecule has 9 heteroatoms. The number of imide groups is 1. The number of rotatable bonds is 3. The molecule has 5 nitrogen and oxygen atoms in total. The van der Waals surface area contributed by atoms with Crippen LogP contribution in [0.4, 0.5) is 24.5 Å². The van der Waals surface area contributed by atoms with Gasteiger partial charge in [-0.05, 0) is 48.0 Å². The van der Waals surface area contributed by atoms with Crippen molar-refractivity contribution in [1.29, 1.82) is 0 Å². The van der Waals surface area contributed by atoms with Gasteiger partial charge in [0.25, 0.3) is 5.91 Å². The summed E-state index contributed by atoms with van der Waals surface area (Å²) in [6, 6.07) is 19.9. The Labute approximate surface area is 195 Å². The smallest absolute Gasteiger partial charge is 0.273 e. The van der Waals surface area contributed by atoms with Crippen LogP contribution in [0.25, 0.3) is 0 Å². The zero-order valence-corrected chi connectivity index (χ0v) is 18.5. The average molecular weight is 517 g/mol. The van der Waals surface area contributed by atoms with E-state index in [0.29, 0.717) is 5.69 Å². The van der Waals surface area contributed by atoms with E-state index in [1.54, 1.807) is 12.1 Å². The molecule has 0 saturated carbocycles. The first-order valence-electron chi connectivity index (χ1n) is 10.1. The van der Waals surface area contributed by atoms with E-state index in [1.165, 1.54) is 17.2 Å². The lowest BCUT2D eigenvalue weighted by atomic mass is 9.90. The molecular weight excluding hydrogens is 501 g/mol. The third-order valence-corrected chi connectivity index (χ3v) is 6.24. The predicted molar refractivity (Wildman–Crippen MR) is 118 cm³/mol. The molecule has 2 amide bonds. The minimum atomic E-state index is -4.60. The van der Waals surface area contributed by atoms with E-state index in [0.717, 1.165) is 27.1 Å². The standard InChI is InChI=1S/C24H16BrF3N2O3/c25-16-8-4-6-14(12-16)20-19-21(33-30(20)17-9-2-1-3-10-17)23(32)29(22(19)31)18-11-5-7-15(13-18)24(26,27)28/h1-13,19-21H/t19-,20-,21+/m0/s1. The van der Waals surface area contributed by atoms with Gasteiger partial charge in [0.05, 0.1) is 23.0 Å². The molecule has 3 atom stereocenters. The van der Waals surface area contributed by atoms with E-state index in [1.807, 2.05) is 42.5 Å². The molecule has 33 heavy (non-hydrogen) atoms. The Hall–Kier alpha value is -3.17. The van der Waals surface area contributed by atoms with Crippen molar-refractivity contribution in [2.45, 2.75) is 18.3 Å². The molecule has 2 fully saturated rings. The lowest BCUT2D eigenvalue weighted by Gasteiger charge is -2.29. The van der Waals surface area contributed by atoms with Gasteiger partial charge in [-0.3, -0.25) is 14.4 Å². The summed E-state index contributed by atoms with van der Waals surface area (Å²) in [4.78, 5) is 33.5. The molecule has 0 bridgehead atoms. The molecule has 0 unspecified atom stereocenters. The van der Waals surface area contributed by atoms with E-state index >= 15 is 0 Å².